The van der Waals surface area contributed by atoms with Gasteiger partial charge in [-0.05, 0) is 86.9 Å². The van der Waals surface area contributed by atoms with Crippen molar-refractivity contribution in [2.75, 3.05) is 6.61 Å². The first kappa shape index (κ1) is 37.7. The number of fused-ring (bicyclic) bond motifs is 5. The molecule has 1 aliphatic heterocycles. The summed E-state index contributed by atoms with van der Waals surface area (Å²) in [5.41, 5.74) is 13.6. The maximum Gasteiger partial charge on any atom is 0.303 e. The van der Waals surface area contributed by atoms with E-state index in [-0.39, 0.29) is 29.5 Å². The smallest absolute Gasteiger partial charge is 0.303 e. The first-order valence-electron chi connectivity index (χ1n) is 17.8. The number of esters is 4. The van der Waals surface area contributed by atoms with Crippen molar-refractivity contribution in [3.05, 3.63) is 11.6 Å². The lowest BCUT2D eigenvalue weighted by Crippen LogP contribution is -2.63. The molecule has 14 heteroatoms. The Morgan fingerprint density at radius 2 is 1.48 bits per heavy atom. The second-order valence-corrected chi connectivity index (χ2v) is 15.3. The Labute approximate surface area is 294 Å². The Bertz CT molecular complexity index is 1430. The van der Waals surface area contributed by atoms with E-state index in [4.69, 9.17) is 39.9 Å². The molecule has 1 saturated heterocycles. The largest absolute Gasteiger partial charge is 0.463 e. The van der Waals surface area contributed by atoms with Gasteiger partial charge in [0.15, 0.2) is 24.6 Å². The first-order valence-corrected chi connectivity index (χ1v) is 17.8. The summed E-state index contributed by atoms with van der Waals surface area (Å²) in [6.45, 7) is 11.4. The summed E-state index contributed by atoms with van der Waals surface area (Å²) in [5.74, 6) is -0.571. The Hall–Kier alpha value is -3.52. The fourth-order valence-corrected chi connectivity index (χ4v) is 10.1. The third-order valence-electron chi connectivity index (χ3n) is 12.2. The van der Waals surface area contributed by atoms with Gasteiger partial charge in [0.2, 0.25) is 5.96 Å². The molecule has 5 aliphatic rings. The topological polar surface area (TPSA) is 200 Å². The highest BCUT2D eigenvalue weighted by Gasteiger charge is 2.60. The molecule has 12 atom stereocenters. The van der Waals surface area contributed by atoms with Gasteiger partial charge in [-0.3, -0.25) is 19.2 Å². The number of allylic oxidation sites excluding steroid dienone is 1. The molecule has 14 nitrogen and oxygen atoms in total. The van der Waals surface area contributed by atoms with Gasteiger partial charge >= 0.3 is 23.9 Å². The lowest BCUT2D eigenvalue weighted by molar-refractivity contribution is -0.318. The molecule has 5 rings (SSSR count). The third-order valence-corrected chi connectivity index (χ3v) is 12.2. The fraction of sp³-hybridized carbons (Fsp3) is 0.778. The number of carbonyl (C=O) groups is 4. The molecule has 0 amide bonds. The Balaban J connectivity index is 1.35. The highest BCUT2D eigenvalue weighted by atomic mass is 16.7. The summed E-state index contributed by atoms with van der Waals surface area (Å²) < 4.78 is 34.8. The molecule has 0 aromatic carbocycles. The average Bonchev–Trinajstić information content (AvgIpc) is 3.38. The van der Waals surface area contributed by atoms with E-state index in [9.17, 15) is 19.2 Å². The molecule has 0 aromatic rings. The molecule has 4 fully saturated rings. The molecule has 50 heavy (non-hydrogen) atoms. The standard InChI is InChI=1S/C36H54N4O10/c1-18(39-40-34(37)38)26-10-11-27-25-9-8-23-16-24(12-14-35(23,6)28(25)13-15-36(26,27)7)49-33-32(48-22(5)44)31(47-21(4)43)30(46-20(3)42)29(50-33)17-45-19(2)41/h8,24-33H,9-17H2,1-7H3,(H4,37,38,40)/t24-,25-,26+,27-,28-,29+,30+,31-,32+,33+,35-,36+/m0/s1. The fourth-order valence-electron chi connectivity index (χ4n) is 10.1. The number of hydrogen-bond acceptors (Lipinski definition) is 12. The number of nitrogens with two attached hydrogens (primary N) is 2. The van der Waals surface area contributed by atoms with Crippen LogP contribution in [-0.4, -0.2) is 79.0 Å². The van der Waals surface area contributed by atoms with Gasteiger partial charge in [-0.1, -0.05) is 25.5 Å². The van der Waals surface area contributed by atoms with E-state index in [0.717, 1.165) is 50.7 Å². The van der Waals surface area contributed by atoms with Gasteiger partial charge < -0.3 is 39.9 Å². The van der Waals surface area contributed by atoms with Crippen molar-refractivity contribution in [3.8, 4) is 0 Å². The first-order chi connectivity index (χ1) is 23.5. The summed E-state index contributed by atoms with van der Waals surface area (Å²) in [4.78, 5) is 48.4. The molecule has 4 aliphatic carbocycles. The van der Waals surface area contributed by atoms with Crippen LogP contribution in [0.1, 0.15) is 99.8 Å². The van der Waals surface area contributed by atoms with Gasteiger partial charge in [0.1, 0.15) is 12.7 Å². The van der Waals surface area contributed by atoms with E-state index >= 15 is 0 Å². The molecular weight excluding hydrogens is 648 g/mol. The van der Waals surface area contributed by atoms with Crippen molar-refractivity contribution in [3.63, 3.8) is 0 Å². The number of carbonyl (C=O) groups excluding carboxylic acids is 4. The van der Waals surface area contributed by atoms with Gasteiger partial charge in [-0.2, -0.15) is 5.10 Å². The van der Waals surface area contributed by atoms with Crippen molar-refractivity contribution in [2.45, 2.75) is 137 Å². The van der Waals surface area contributed by atoms with Crippen LogP contribution < -0.4 is 11.5 Å². The summed E-state index contributed by atoms with van der Waals surface area (Å²) in [6.07, 6.45) is 3.98. The summed E-state index contributed by atoms with van der Waals surface area (Å²) in [5, 5.41) is 8.33. The molecule has 0 unspecified atom stereocenters. The lowest BCUT2D eigenvalue weighted by Gasteiger charge is -2.58. The van der Waals surface area contributed by atoms with Crippen LogP contribution in [0.5, 0.6) is 0 Å². The second-order valence-electron chi connectivity index (χ2n) is 15.3. The van der Waals surface area contributed by atoms with Crippen molar-refractivity contribution in [2.24, 2.45) is 56.2 Å². The minimum Gasteiger partial charge on any atom is -0.463 e. The van der Waals surface area contributed by atoms with Crippen LogP contribution >= 0.6 is 0 Å². The van der Waals surface area contributed by atoms with Gasteiger partial charge in [0, 0.05) is 39.3 Å². The predicted octanol–water partition coefficient (Wildman–Crippen LogP) is 3.68. The van der Waals surface area contributed by atoms with Crippen LogP contribution in [0.25, 0.3) is 0 Å². The third kappa shape index (κ3) is 7.70. The maximum atomic E-state index is 12.3. The maximum absolute atomic E-state index is 12.3. The molecule has 0 radical (unpaired) electrons. The van der Waals surface area contributed by atoms with Crippen LogP contribution in [0, 0.1) is 34.5 Å². The van der Waals surface area contributed by atoms with E-state index in [2.05, 4.69) is 30.1 Å². The molecule has 278 valence electrons. The number of nitrogens with zero attached hydrogens (tertiary/aromatic N) is 2. The second kappa shape index (κ2) is 15.0. The monoisotopic (exact) mass is 702 g/mol. The minimum atomic E-state index is -1.26. The lowest BCUT2D eigenvalue weighted by atomic mass is 9.47. The van der Waals surface area contributed by atoms with Crippen molar-refractivity contribution >= 4 is 35.5 Å². The molecule has 4 N–H and O–H groups in total. The van der Waals surface area contributed by atoms with Crippen molar-refractivity contribution in [1.29, 1.82) is 0 Å². The van der Waals surface area contributed by atoms with E-state index in [0.29, 0.717) is 30.1 Å². The molecule has 0 aromatic heterocycles. The van der Waals surface area contributed by atoms with E-state index in [1.54, 1.807) is 0 Å². The molecule has 0 bridgehead atoms. The zero-order valence-electron chi connectivity index (χ0n) is 30.3. The number of guanidine groups is 1. The highest BCUT2D eigenvalue weighted by molar-refractivity contribution is 5.86. The Morgan fingerprint density at radius 3 is 2.12 bits per heavy atom. The van der Waals surface area contributed by atoms with Gasteiger partial charge in [0.25, 0.3) is 0 Å². The average molecular weight is 703 g/mol. The quantitative estimate of drug-likeness (QED) is 0.0883. The molecular formula is C36H54N4O10. The summed E-state index contributed by atoms with van der Waals surface area (Å²) in [6, 6.07) is 0. The number of hydrogen-bond donors (Lipinski definition) is 2. The van der Waals surface area contributed by atoms with Gasteiger partial charge in [0.05, 0.1) is 6.10 Å². The number of rotatable bonds is 9. The zero-order chi connectivity index (χ0) is 36.5. The Morgan fingerprint density at radius 1 is 0.820 bits per heavy atom. The van der Waals surface area contributed by atoms with Crippen molar-refractivity contribution < 1.29 is 47.6 Å². The Kier molecular flexibility index (Phi) is 11.3. The normalized spacial score (nSPS) is 39.4. The molecule has 1 heterocycles. The van der Waals surface area contributed by atoms with Crippen LogP contribution in [0.2, 0.25) is 0 Å². The van der Waals surface area contributed by atoms with Crippen LogP contribution in [0.4, 0.5) is 0 Å². The van der Waals surface area contributed by atoms with Crippen LogP contribution in [0.15, 0.2) is 21.9 Å². The van der Waals surface area contributed by atoms with Gasteiger partial charge in [-0.25, -0.2) is 0 Å². The van der Waals surface area contributed by atoms with E-state index < -0.39 is 54.6 Å². The summed E-state index contributed by atoms with van der Waals surface area (Å²) >= 11 is 0. The van der Waals surface area contributed by atoms with E-state index in [1.165, 1.54) is 33.3 Å². The van der Waals surface area contributed by atoms with Crippen LogP contribution in [0.3, 0.4) is 0 Å². The van der Waals surface area contributed by atoms with E-state index in [1.807, 2.05) is 6.92 Å². The van der Waals surface area contributed by atoms with Gasteiger partial charge in [-0.15, -0.1) is 5.10 Å². The van der Waals surface area contributed by atoms with Crippen LogP contribution in [-0.2, 0) is 47.6 Å². The SMILES string of the molecule is CC(=O)OC[C@H]1O[C@@H](O[C@H]2CC[C@@]3(C)C(=CC[C@H]4[C@@H]5CC[C@H](C(C)=NN=C(N)N)[C@@]5(C)CC[C@@H]43)C2)[C@H](OC(C)=O)[C@@H](OC(C)=O)[C@@H]1OC(C)=O. The summed E-state index contributed by atoms with van der Waals surface area (Å²) in [7, 11) is 0. The predicted molar refractivity (Wildman–Crippen MR) is 181 cm³/mol. The number of ether oxygens (including phenoxy) is 6. The molecule has 3 saturated carbocycles. The highest BCUT2D eigenvalue weighted by Crippen LogP contribution is 2.66. The zero-order valence-corrected chi connectivity index (χ0v) is 30.3. The minimum absolute atomic E-state index is 0.0187. The van der Waals surface area contributed by atoms with Crippen molar-refractivity contribution in [1.82, 2.24) is 0 Å². The molecule has 0 spiro atoms.